The first-order valence-electron chi connectivity index (χ1n) is 4.95. The Morgan fingerprint density at radius 3 is 2.88 bits per heavy atom. The minimum Gasteiger partial charge on any atom is -0.382 e. The van der Waals surface area contributed by atoms with Crippen LogP contribution in [0.1, 0.15) is 19.0 Å². The molecule has 0 saturated heterocycles. The Labute approximate surface area is 100 Å². The molecule has 1 heterocycles. The van der Waals surface area contributed by atoms with Gasteiger partial charge in [0.2, 0.25) is 0 Å². The predicted octanol–water partition coefficient (Wildman–Crippen LogP) is 2.83. The van der Waals surface area contributed by atoms with E-state index in [0.717, 1.165) is 12.0 Å². The summed E-state index contributed by atoms with van der Waals surface area (Å²) in [4.78, 5) is 8.17. The number of allylic oxidation sites excluding steroid dienone is 2. The highest BCUT2D eigenvalue weighted by atomic mass is 35.5. The molecule has 1 aromatic rings. The number of hydrogen-bond acceptors (Lipinski definition) is 2. The Hall–Kier alpha value is -1.61. The van der Waals surface area contributed by atoms with E-state index in [1.54, 1.807) is 18.3 Å². The first-order valence-corrected chi connectivity index (χ1v) is 5.33. The summed E-state index contributed by atoms with van der Waals surface area (Å²) in [5.74, 6) is 0.304. The van der Waals surface area contributed by atoms with Gasteiger partial charge in [0, 0.05) is 6.20 Å². The molecule has 0 fully saturated rings. The van der Waals surface area contributed by atoms with Gasteiger partial charge in [0.05, 0.1) is 0 Å². The number of nitrogens with zero attached hydrogens (tertiary/aromatic N) is 2. The molecule has 0 amide bonds. The summed E-state index contributed by atoms with van der Waals surface area (Å²) in [7, 11) is 0. The van der Waals surface area contributed by atoms with E-state index in [-0.39, 0.29) is 0 Å². The molecule has 16 heavy (non-hydrogen) atoms. The van der Waals surface area contributed by atoms with Crippen LogP contribution in [0.5, 0.6) is 0 Å². The quantitative estimate of drug-likeness (QED) is 0.378. The largest absolute Gasteiger partial charge is 0.382 e. The van der Waals surface area contributed by atoms with Gasteiger partial charge in [-0.1, -0.05) is 37.2 Å². The molecule has 1 aromatic heterocycles. The first-order chi connectivity index (χ1) is 7.69. The van der Waals surface area contributed by atoms with Crippen LogP contribution in [0.4, 0.5) is 0 Å². The number of aliphatic imine (C=N–C) groups is 1. The molecule has 0 aliphatic rings. The lowest BCUT2D eigenvalue weighted by molar-refractivity contribution is 1.12. The van der Waals surface area contributed by atoms with Crippen LogP contribution in [0.2, 0.25) is 0 Å². The normalized spacial score (nSPS) is 13.2. The molecule has 0 radical (unpaired) electrons. The molecule has 0 aromatic carbocycles. The van der Waals surface area contributed by atoms with Crippen LogP contribution in [0.15, 0.2) is 52.8 Å². The molecule has 0 spiro atoms. The molecular formula is C12H14ClN3. The average Bonchev–Trinajstić information content (AvgIpc) is 2.31. The molecule has 0 bridgehead atoms. The lowest BCUT2D eigenvalue weighted by Crippen LogP contribution is -2.14. The fourth-order valence-electron chi connectivity index (χ4n) is 1.12. The summed E-state index contributed by atoms with van der Waals surface area (Å²) in [5, 5.41) is 0.362. The molecule has 0 atom stereocenters. The second-order valence-electron chi connectivity index (χ2n) is 3.09. The van der Waals surface area contributed by atoms with Crippen molar-refractivity contribution in [2.75, 3.05) is 0 Å². The number of aromatic nitrogens is 1. The standard InChI is InChI=1S/C12H14ClN3/c1-3-9(4-2)11(13)16-12(14)10-7-5-6-8-15-10/h3,5-8H,1,4H2,2H3,(H2,14,16)/b11-9+. The topological polar surface area (TPSA) is 51.3 Å². The van der Waals surface area contributed by atoms with Gasteiger partial charge in [0.15, 0.2) is 5.84 Å². The van der Waals surface area contributed by atoms with Crippen molar-refractivity contribution in [2.45, 2.75) is 13.3 Å². The third-order valence-electron chi connectivity index (χ3n) is 2.04. The summed E-state index contributed by atoms with van der Waals surface area (Å²) in [6.07, 6.45) is 4.10. The Morgan fingerprint density at radius 2 is 2.38 bits per heavy atom. The minimum atomic E-state index is 0.304. The van der Waals surface area contributed by atoms with Gasteiger partial charge in [0.1, 0.15) is 10.9 Å². The van der Waals surface area contributed by atoms with Crippen molar-refractivity contribution in [1.82, 2.24) is 4.98 Å². The molecule has 3 nitrogen and oxygen atoms in total. The molecule has 0 unspecified atom stereocenters. The van der Waals surface area contributed by atoms with Gasteiger partial charge in [-0.2, -0.15) is 0 Å². The second-order valence-corrected chi connectivity index (χ2v) is 3.44. The van der Waals surface area contributed by atoms with Crippen LogP contribution >= 0.6 is 11.6 Å². The van der Waals surface area contributed by atoms with Gasteiger partial charge in [0.25, 0.3) is 0 Å². The Bertz CT molecular complexity index is 421. The van der Waals surface area contributed by atoms with Crippen molar-refractivity contribution < 1.29 is 0 Å². The maximum absolute atomic E-state index is 6.00. The monoisotopic (exact) mass is 235 g/mol. The van der Waals surface area contributed by atoms with Gasteiger partial charge < -0.3 is 5.73 Å². The van der Waals surface area contributed by atoms with Crippen molar-refractivity contribution in [3.05, 3.63) is 53.5 Å². The second kappa shape index (κ2) is 6.08. The predicted molar refractivity (Wildman–Crippen MR) is 68.3 cm³/mol. The smallest absolute Gasteiger partial charge is 0.151 e. The van der Waals surface area contributed by atoms with E-state index in [0.29, 0.717) is 16.7 Å². The Morgan fingerprint density at radius 1 is 1.62 bits per heavy atom. The van der Waals surface area contributed by atoms with E-state index in [4.69, 9.17) is 17.3 Å². The molecule has 2 N–H and O–H groups in total. The third-order valence-corrected chi connectivity index (χ3v) is 2.37. The van der Waals surface area contributed by atoms with Crippen LogP contribution < -0.4 is 5.73 Å². The molecule has 0 aliphatic heterocycles. The Kier molecular flexibility index (Phi) is 4.73. The highest BCUT2D eigenvalue weighted by Gasteiger charge is 2.02. The molecule has 84 valence electrons. The fraction of sp³-hybridized carbons (Fsp3) is 0.167. The van der Waals surface area contributed by atoms with Crippen LogP contribution in [0.3, 0.4) is 0 Å². The number of rotatable bonds is 4. The van der Waals surface area contributed by atoms with Gasteiger partial charge >= 0.3 is 0 Å². The van der Waals surface area contributed by atoms with Crippen molar-refractivity contribution in [1.29, 1.82) is 0 Å². The summed E-state index contributed by atoms with van der Waals surface area (Å²) < 4.78 is 0. The van der Waals surface area contributed by atoms with Gasteiger partial charge in [-0.15, -0.1) is 0 Å². The molecule has 4 heteroatoms. The van der Waals surface area contributed by atoms with E-state index >= 15 is 0 Å². The van der Waals surface area contributed by atoms with Crippen LogP contribution in [-0.4, -0.2) is 10.8 Å². The van der Waals surface area contributed by atoms with Crippen molar-refractivity contribution >= 4 is 17.4 Å². The van der Waals surface area contributed by atoms with E-state index in [9.17, 15) is 0 Å². The molecule has 0 saturated carbocycles. The SMILES string of the molecule is C=C/C(CC)=C(/Cl)N=C(N)c1ccccn1. The lowest BCUT2D eigenvalue weighted by atomic mass is 10.2. The third kappa shape index (κ3) is 3.21. The fourth-order valence-corrected chi connectivity index (χ4v) is 1.43. The lowest BCUT2D eigenvalue weighted by Gasteiger charge is -2.01. The summed E-state index contributed by atoms with van der Waals surface area (Å²) >= 11 is 6.00. The van der Waals surface area contributed by atoms with Crippen molar-refractivity contribution in [3.63, 3.8) is 0 Å². The molecular weight excluding hydrogens is 222 g/mol. The molecule has 1 rings (SSSR count). The van der Waals surface area contributed by atoms with E-state index in [2.05, 4.69) is 16.6 Å². The number of pyridine rings is 1. The minimum absolute atomic E-state index is 0.304. The zero-order valence-electron chi connectivity index (χ0n) is 9.15. The summed E-state index contributed by atoms with van der Waals surface area (Å²) in [6.45, 7) is 5.64. The van der Waals surface area contributed by atoms with Crippen LogP contribution in [-0.2, 0) is 0 Å². The van der Waals surface area contributed by atoms with E-state index in [1.165, 1.54) is 0 Å². The highest BCUT2D eigenvalue weighted by Crippen LogP contribution is 2.15. The van der Waals surface area contributed by atoms with Gasteiger partial charge in [-0.25, -0.2) is 4.99 Å². The van der Waals surface area contributed by atoms with Crippen molar-refractivity contribution in [3.8, 4) is 0 Å². The summed E-state index contributed by atoms with van der Waals surface area (Å²) in [5.41, 5.74) is 7.25. The number of nitrogens with two attached hydrogens (primary N) is 1. The van der Waals surface area contributed by atoms with Crippen molar-refractivity contribution in [2.24, 2.45) is 10.7 Å². The Balaban J connectivity index is 3.02. The first kappa shape index (κ1) is 12.5. The van der Waals surface area contributed by atoms with Crippen LogP contribution in [0.25, 0.3) is 0 Å². The maximum atomic E-state index is 6.00. The van der Waals surface area contributed by atoms with E-state index < -0.39 is 0 Å². The number of hydrogen-bond donors (Lipinski definition) is 1. The zero-order chi connectivity index (χ0) is 12.0. The zero-order valence-corrected chi connectivity index (χ0v) is 9.91. The van der Waals surface area contributed by atoms with Gasteiger partial charge in [-0.3, -0.25) is 4.98 Å². The summed E-state index contributed by atoms with van der Waals surface area (Å²) in [6, 6.07) is 5.44. The molecule has 0 aliphatic carbocycles. The highest BCUT2D eigenvalue weighted by molar-refractivity contribution is 6.30. The maximum Gasteiger partial charge on any atom is 0.151 e. The van der Waals surface area contributed by atoms with Gasteiger partial charge in [-0.05, 0) is 24.1 Å². The number of halogens is 1. The van der Waals surface area contributed by atoms with E-state index in [1.807, 2.05) is 19.1 Å². The average molecular weight is 236 g/mol. The van der Waals surface area contributed by atoms with Crippen LogP contribution in [0, 0.1) is 0 Å². The number of amidine groups is 1.